The molecule has 2 aromatic carbocycles. The second kappa shape index (κ2) is 8.70. The number of esters is 1. The molecular weight excluding hydrogens is 338 g/mol. The molecule has 0 aliphatic carbocycles. The average molecular weight is 363 g/mol. The van der Waals surface area contributed by atoms with E-state index in [0.717, 1.165) is 43.6 Å². The summed E-state index contributed by atoms with van der Waals surface area (Å²) in [5, 5.41) is 9.57. The van der Waals surface area contributed by atoms with E-state index in [2.05, 4.69) is 17.0 Å². The first-order chi connectivity index (χ1) is 13.1. The van der Waals surface area contributed by atoms with E-state index in [1.165, 1.54) is 5.56 Å². The van der Waals surface area contributed by atoms with Crippen molar-refractivity contribution >= 4 is 11.7 Å². The van der Waals surface area contributed by atoms with Gasteiger partial charge in [0.2, 0.25) is 0 Å². The van der Waals surface area contributed by atoms with E-state index in [-0.39, 0.29) is 12.0 Å². The first kappa shape index (κ1) is 18.9. The van der Waals surface area contributed by atoms with Crippen molar-refractivity contribution in [2.24, 2.45) is 5.73 Å². The number of nitrogens with zero attached hydrogens (tertiary/aromatic N) is 2. The Kier molecular flexibility index (Phi) is 6.10. The standard InChI is InChI=1S/C22H25N3O2/c1-16(24)12-17-13-19-8-10-25(21(19)20(14-17)15-23)9-5-11-27-22(26)18-6-3-2-4-7-18/h2-4,6-7,13-14,16H,5,8-12,24H2,1H3/t16-/m0/s1. The first-order valence-corrected chi connectivity index (χ1v) is 9.37. The van der Waals surface area contributed by atoms with Crippen LogP contribution in [0.2, 0.25) is 0 Å². The van der Waals surface area contributed by atoms with Crippen LogP contribution in [-0.4, -0.2) is 31.7 Å². The molecule has 0 amide bonds. The topological polar surface area (TPSA) is 79.3 Å². The Hall–Kier alpha value is -2.84. The van der Waals surface area contributed by atoms with Gasteiger partial charge in [0, 0.05) is 19.1 Å². The Morgan fingerprint density at radius 2 is 2.11 bits per heavy atom. The van der Waals surface area contributed by atoms with Crippen LogP contribution in [0.15, 0.2) is 42.5 Å². The Morgan fingerprint density at radius 3 is 2.81 bits per heavy atom. The lowest BCUT2D eigenvalue weighted by Gasteiger charge is -2.21. The maximum Gasteiger partial charge on any atom is 0.338 e. The van der Waals surface area contributed by atoms with Crippen LogP contribution in [-0.2, 0) is 17.6 Å². The minimum atomic E-state index is -0.296. The molecule has 0 radical (unpaired) electrons. The Morgan fingerprint density at radius 1 is 1.33 bits per heavy atom. The monoisotopic (exact) mass is 363 g/mol. The maximum absolute atomic E-state index is 12.0. The highest BCUT2D eigenvalue weighted by Crippen LogP contribution is 2.33. The third-order valence-electron chi connectivity index (χ3n) is 4.71. The van der Waals surface area contributed by atoms with Crippen molar-refractivity contribution in [3.05, 3.63) is 64.7 Å². The van der Waals surface area contributed by atoms with Crippen LogP contribution in [0.5, 0.6) is 0 Å². The molecule has 1 atom stereocenters. The Balaban J connectivity index is 1.58. The quantitative estimate of drug-likeness (QED) is 0.604. The fraction of sp³-hybridized carbons (Fsp3) is 0.364. The van der Waals surface area contributed by atoms with Crippen molar-refractivity contribution in [3.63, 3.8) is 0 Å². The van der Waals surface area contributed by atoms with Gasteiger partial charge in [-0.1, -0.05) is 24.3 Å². The highest BCUT2D eigenvalue weighted by molar-refractivity contribution is 5.89. The third kappa shape index (κ3) is 4.66. The molecule has 3 rings (SSSR count). The van der Waals surface area contributed by atoms with E-state index in [9.17, 15) is 10.1 Å². The normalized spacial score (nSPS) is 13.7. The number of benzene rings is 2. The molecule has 5 heteroatoms. The minimum Gasteiger partial charge on any atom is -0.462 e. The van der Waals surface area contributed by atoms with E-state index in [1.54, 1.807) is 12.1 Å². The maximum atomic E-state index is 12.0. The minimum absolute atomic E-state index is 0.0754. The average Bonchev–Trinajstić information content (AvgIpc) is 3.07. The molecule has 0 saturated heterocycles. The van der Waals surface area contributed by atoms with Gasteiger partial charge >= 0.3 is 5.97 Å². The van der Waals surface area contributed by atoms with Gasteiger partial charge in [-0.25, -0.2) is 4.79 Å². The van der Waals surface area contributed by atoms with Crippen molar-refractivity contribution < 1.29 is 9.53 Å². The number of rotatable bonds is 7. The van der Waals surface area contributed by atoms with E-state index >= 15 is 0 Å². The molecule has 1 aliphatic rings. The second-order valence-corrected chi connectivity index (χ2v) is 7.04. The fourth-order valence-corrected chi connectivity index (χ4v) is 3.57. The first-order valence-electron chi connectivity index (χ1n) is 9.37. The number of hydrogen-bond donors (Lipinski definition) is 1. The molecule has 1 heterocycles. The lowest BCUT2D eigenvalue weighted by molar-refractivity contribution is 0.0502. The summed E-state index contributed by atoms with van der Waals surface area (Å²) in [7, 11) is 0. The van der Waals surface area contributed by atoms with E-state index in [4.69, 9.17) is 10.5 Å². The summed E-state index contributed by atoms with van der Waals surface area (Å²) in [6, 6.07) is 15.5. The third-order valence-corrected chi connectivity index (χ3v) is 4.71. The van der Waals surface area contributed by atoms with Crippen LogP contribution < -0.4 is 10.6 Å². The number of fused-ring (bicyclic) bond motifs is 1. The molecule has 0 bridgehead atoms. The molecule has 0 fully saturated rings. The van der Waals surface area contributed by atoms with Gasteiger partial charge in [0.25, 0.3) is 0 Å². The highest BCUT2D eigenvalue weighted by Gasteiger charge is 2.23. The van der Waals surface area contributed by atoms with Crippen molar-refractivity contribution in [2.75, 3.05) is 24.6 Å². The Bertz CT molecular complexity index is 841. The molecular formula is C22H25N3O2. The van der Waals surface area contributed by atoms with Crippen molar-refractivity contribution in [1.82, 2.24) is 0 Å². The SMILES string of the molecule is C[C@H](N)Cc1cc(C#N)c2c(c1)CCN2CCCOC(=O)c1ccccc1. The number of carbonyl (C=O) groups excluding carboxylic acids is 1. The summed E-state index contributed by atoms with van der Waals surface area (Å²) in [4.78, 5) is 14.2. The van der Waals surface area contributed by atoms with Crippen molar-refractivity contribution in [3.8, 4) is 6.07 Å². The van der Waals surface area contributed by atoms with Crippen LogP contribution in [0.3, 0.4) is 0 Å². The lowest BCUT2D eigenvalue weighted by Crippen LogP contribution is -2.24. The van der Waals surface area contributed by atoms with E-state index in [0.29, 0.717) is 17.7 Å². The highest BCUT2D eigenvalue weighted by atomic mass is 16.5. The van der Waals surface area contributed by atoms with Gasteiger partial charge in [-0.15, -0.1) is 0 Å². The van der Waals surface area contributed by atoms with Gasteiger partial charge in [0.1, 0.15) is 6.07 Å². The number of nitrogens with two attached hydrogens (primary N) is 1. The molecule has 27 heavy (non-hydrogen) atoms. The van der Waals surface area contributed by atoms with Crippen LogP contribution >= 0.6 is 0 Å². The molecule has 140 valence electrons. The largest absolute Gasteiger partial charge is 0.462 e. The lowest BCUT2D eigenvalue weighted by atomic mass is 9.99. The van der Waals surface area contributed by atoms with Crippen LogP contribution in [0.1, 0.15) is 40.4 Å². The van der Waals surface area contributed by atoms with Crippen molar-refractivity contribution in [1.29, 1.82) is 5.26 Å². The number of ether oxygens (including phenoxy) is 1. The predicted octanol–water partition coefficient (Wildman–Crippen LogP) is 3.06. The summed E-state index contributed by atoms with van der Waals surface area (Å²) in [5.41, 5.74) is 10.5. The zero-order valence-electron chi connectivity index (χ0n) is 15.6. The van der Waals surface area contributed by atoms with Gasteiger partial charge in [0.15, 0.2) is 0 Å². The molecule has 0 unspecified atom stereocenters. The summed E-state index contributed by atoms with van der Waals surface area (Å²) in [5.74, 6) is -0.296. The van der Waals surface area contributed by atoms with E-state index in [1.807, 2.05) is 31.2 Å². The summed E-state index contributed by atoms with van der Waals surface area (Å²) in [6.07, 6.45) is 2.43. The summed E-state index contributed by atoms with van der Waals surface area (Å²) >= 11 is 0. The summed E-state index contributed by atoms with van der Waals surface area (Å²) < 4.78 is 5.35. The van der Waals surface area contributed by atoms with Crippen LogP contribution in [0.25, 0.3) is 0 Å². The van der Waals surface area contributed by atoms with Gasteiger partial charge in [-0.3, -0.25) is 0 Å². The van der Waals surface area contributed by atoms with Gasteiger partial charge in [-0.2, -0.15) is 5.26 Å². The van der Waals surface area contributed by atoms with Crippen LogP contribution in [0, 0.1) is 11.3 Å². The molecule has 1 aliphatic heterocycles. The Labute approximate surface area is 160 Å². The number of anilines is 1. The smallest absolute Gasteiger partial charge is 0.338 e. The molecule has 2 aromatic rings. The zero-order chi connectivity index (χ0) is 19.2. The molecule has 2 N–H and O–H groups in total. The number of carbonyl (C=O) groups is 1. The van der Waals surface area contributed by atoms with Gasteiger partial charge < -0.3 is 15.4 Å². The molecule has 0 aromatic heterocycles. The molecule has 0 saturated carbocycles. The number of nitriles is 1. The van der Waals surface area contributed by atoms with E-state index < -0.39 is 0 Å². The van der Waals surface area contributed by atoms with Gasteiger partial charge in [-0.05, 0) is 55.5 Å². The van der Waals surface area contributed by atoms with Crippen molar-refractivity contribution in [2.45, 2.75) is 32.2 Å². The zero-order valence-corrected chi connectivity index (χ0v) is 15.6. The molecule has 0 spiro atoms. The van der Waals surface area contributed by atoms with Crippen LogP contribution in [0.4, 0.5) is 5.69 Å². The number of hydrogen-bond acceptors (Lipinski definition) is 5. The predicted molar refractivity (Wildman–Crippen MR) is 106 cm³/mol. The molecule has 5 nitrogen and oxygen atoms in total. The van der Waals surface area contributed by atoms with Gasteiger partial charge in [0.05, 0.1) is 23.4 Å². The fourth-order valence-electron chi connectivity index (χ4n) is 3.57. The second-order valence-electron chi connectivity index (χ2n) is 7.04. The summed E-state index contributed by atoms with van der Waals surface area (Å²) in [6.45, 7) is 3.99.